The molecule has 0 radical (unpaired) electrons. The van der Waals surface area contributed by atoms with E-state index in [0.29, 0.717) is 10.6 Å². The average Bonchev–Trinajstić information content (AvgIpc) is 2.85. The molecule has 5 nitrogen and oxygen atoms in total. The number of carboxylic acids is 1. The van der Waals surface area contributed by atoms with Gasteiger partial charge in [0.25, 0.3) is 11.3 Å². The van der Waals surface area contributed by atoms with Gasteiger partial charge in [-0.05, 0) is 24.6 Å². The minimum atomic E-state index is -2.39. The molecule has 1 aromatic carbocycles. The van der Waals surface area contributed by atoms with Crippen molar-refractivity contribution in [2.24, 2.45) is 0 Å². The quantitative estimate of drug-likeness (QED) is 0.823. The number of hydrogen-bond acceptors (Lipinski definition) is 3. The third kappa shape index (κ3) is 3.05. The summed E-state index contributed by atoms with van der Waals surface area (Å²) in [6.07, 6.45) is 1.51. The van der Waals surface area contributed by atoms with Crippen LogP contribution in [0.3, 0.4) is 0 Å². The smallest absolute Gasteiger partial charge is 0.348 e. The topological polar surface area (TPSA) is 77.8 Å². The first-order valence-electron chi connectivity index (χ1n) is 5.92. The van der Waals surface area contributed by atoms with E-state index in [2.05, 4.69) is 6.58 Å². The summed E-state index contributed by atoms with van der Waals surface area (Å²) < 4.78 is 22.5. The zero-order chi connectivity index (χ0) is 15.6. The second-order valence-electron chi connectivity index (χ2n) is 4.18. The monoisotopic (exact) mass is 323 g/mol. The molecular formula is C14H13NO4S2. The van der Waals surface area contributed by atoms with Crippen molar-refractivity contribution in [2.75, 3.05) is 4.31 Å². The molecule has 0 aliphatic rings. The van der Waals surface area contributed by atoms with Gasteiger partial charge in [0.15, 0.2) is 0 Å². The van der Waals surface area contributed by atoms with Crippen LogP contribution in [0.1, 0.15) is 20.1 Å². The molecule has 0 aliphatic heterocycles. The van der Waals surface area contributed by atoms with E-state index in [-0.39, 0.29) is 10.6 Å². The Morgan fingerprint density at radius 2 is 2.05 bits per heavy atom. The molecule has 0 aliphatic carbocycles. The molecule has 7 heteroatoms. The van der Waals surface area contributed by atoms with Crippen LogP contribution in [0.15, 0.2) is 36.9 Å². The summed E-state index contributed by atoms with van der Waals surface area (Å²) >= 11 is -1.38. The highest BCUT2D eigenvalue weighted by Gasteiger charge is 2.25. The van der Waals surface area contributed by atoms with E-state index in [1.54, 1.807) is 37.3 Å². The number of nitrogens with zero attached hydrogens (tertiary/aromatic N) is 1. The van der Waals surface area contributed by atoms with Crippen LogP contribution in [-0.4, -0.2) is 19.8 Å². The summed E-state index contributed by atoms with van der Waals surface area (Å²) in [7, 11) is 0. The van der Waals surface area contributed by atoms with Crippen LogP contribution in [0.25, 0.3) is 6.08 Å². The molecule has 1 aromatic heterocycles. The molecule has 0 spiro atoms. The van der Waals surface area contributed by atoms with Crippen LogP contribution in [0, 0.1) is 6.92 Å². The predicted octanol–water partition coefficient (Wildman–Crippen LogP) is 3.67. The maximum Gasteiger partial charge on any atom is 0.348 e. The van der Waals surface area contributed by atoms with Gasteiger partial charge in [0, 0.05) is 4.88 Å². The van der Waals surface area contributed by atoms with E-state index in [1.165, 1.54) is 6.08 Å². The fourth-order valence-corrected chi connectivity index (χ4v) is 3.47. The second kappa shape index (κ2) is 6.21. The van der Waals surface area contributed by atoms with Crippen molar-refractivity contribution >= 4 is 46.0 Å². The van der Waals surface area contributed by atoms with Gasteiger partial charge in [-0.1, -0.05) is 30.9 Å². The SMILES string of the molecule is C=Cc1cc(N(c2ccccc2C)S(=O)O)c(C(=O)O)s1. The van der Waals surface area contributed by atoms with Crippen molar-refractivity contribution in [1.29, 1.82) is 0 Å². The van der Waals surface area contributed by atoms with E-state index >= 15 is 0 Å². The van der Waals surface area contributed by atoms with Crippen LogP contribution in [0.4, 0.5) is 11.4 Å². The molecule has 0 bridgehead atoms. The number of hydrogen-bond donors (Lipinski definition) is 2. The van der Waals surface area contributed by atoms with Crippen molar-refractivity contribution in [3.05, 3.63) is 52.2 Å². The third-order valence-corrected chi connectivity index (χ3v) is 4.65. The van der Waals surface area contributed by atoms with E-state index in [0.717, 1.165) is 21.2 Å². The Balaban J connectivity index is 2.67. The Bertz CT molecular complexity index is 724. The molecule has 2 aromatic rings. The van der Waals surface area contributed by atoms with Gasteiger partial charge in [0.1, 0.15) is 4.88 Å². The molecule has 2 rings (SSSR count). The minimum Gasteiger partial charge on any atom is -0.477 e. The van der Waals surface area contributed by atoms with E-state index in [9.17, 15) is 18.7 Å². The van der Waals surface area contributed by atoms with Crippen molar-refractivity contribution in [3.63, 3.8) is 0 Å². The van der Waals surface area contributed by atoms with Crippen molar-refractivity contribution in [1.82, 2.24) is 0 Å². The second-order valence-corrected chi connectivity index (χ2v) is 6.09. The number of thiophene rings is 1. The van der Waals surface area contributed by atoms with Gasteiger partial charge in [-0.25, -0.2) is 13.3 Å². The fourth-order valence-electron chi connectivity index (χ4n) is 1.89. The Labute approximate surface area is 128 Å². The zero-order valence-electron chi connectivity index (χ0n) is 11.1. The first-order valence-corrected chi connectivity index (χ1v) is 7.80. The van der Waals surface area contributed by atoms with Gasteiger partial charge >= 0.3 is 5.97 Å². The normalized spacial score (nSPS) is 11.9. The van der Waals surface area contributed by atoms with Crippen LogP contribution in [0.2, 0.25) is 0 Å². The zero-order valence-corrected chi connectivity index (χ0v) is 12.8. The van der Waals surface area contributed by atoms with Gasteiger partial charge in [0.2, 0.25) is 0 Å². The van der Waals surface area contributed by atoms with E-state index < -0.39 is 17.2 Å². The van der Waals surface area contributed by atoms with Crippen LogP contribution < -0.4 is 4.31 Å². The highest BCUT2D eigenvalue weighted by atomic mass is 32.2. The first-order chi connectivity index (χ1) is 9.95. The van der Waals surface area contributed by atoms with Gasteiger partial charge in [-0.3, -0.25) is 4.55 Å². The number of para-hydroxylation sites is 1. The molecule has 2 N–H and O–H groups in total. The number of benzene rings is 1. The van der Waals surface area contributed by atoms with Crippen LogP contribution in [-0.2, 0) is 11.3 Å². The first kappa shape index (κ1) is 15.4. The summed E-state index contributed by atoms with van der Waals surface area (Å²) in [6.45, 7) is 5.39. The summed E-state index contributed by atoms with van der Waals surface area (Å²) in [4.78, 5) is 12.0. The van der Waals surface area contributed by atoms with Crippen molar-refractivity contribution in [3.8, 4) is 0 Å². The molecule has 0 amide bonds. The molecule has 110 valence electrons. The third-order valence-electron chi connectivity index (χ3n) is 2.84. The molecule has 0 saturated heterocycles. The number of aryl methyl sites for hydroxylation is 1. The summed E-state index contributed by atoms with van der Waals surface area (Å²) in [5.74, 6) is -1.15. The average molecular weight is 323 g/mol. The lowest BCUT2D eigenvalue weighted by molar-refractivity contribution is 0.0703. The molecule has 0 fully saturated rings. The van der Waals surface area contributed by atoms with Gasteiger partial charge in [0.05, 0.1) is 11.4 Å². The fraction of sp³-hybridized carbons (Fsp3) is 0.0714. The summed E-state index contributed by atoms with van der Waals surface area (Å²) in [5, 5.41) is 9.29. The lowest BCUT2D eigenvalue weighted by Crippen LogP contribution is -2.21. The molecular weight excluding hydrogens is 310 g/mol. The Morgan fingerprint density at radius 1 is 1.38 bits per heavy atom. The molecule has 21 heavy (non-hydrogen) atoms. The van der Waals surface area contributed by atoms with Gasteiger partial charge < -0.3 is 5.11 Å². The standard InChI is InChI=1S/C14H13NO4S2/c1-3-10-8-12(13(20-10)14(16)17)15(21(18)19)11-7-5-4-6-9(11)2/h3-8H,1H2,2H3,(H,16,17)(H,18,19). The van der Waals surface area contributed by atoms with E-state index in [4.69, 9.17) is 0 Å². The number of anilines is 2. The highest BCUT2D eigenvalue weighted by Crippen LogP contribution is 2.37. The largest absolute Gasteiger partial charge is 0.477 e. The maximum absolute atomic E-state index is 11.7. The lowest BCUT2D eigenvalue weighted by atomic mass is 10.2. The number of carboxylic acid groups (broad SMARTS) is 1. The lowest BCUT2D eigenvalue weighted by Gasteiger charge is -2.21. The highest BCUT2D eigenvalue weighted by molar-refractivity contribution is 7.81. The van der Waals surface area contributed by atoms with Crippen molar-refractivity contribution in [2.45, 2.75) is 6.92 Å². The van der Waals surface area contributed by atoms with Crippen LogP contribution in [0.5, 0.6) is 0 Å². The minimum absolute atomic E-state index is 0.00412. The molecule has 1 atom stereocenters. The van der Waals surface area contributed by atoms with Gasteiger partial charge in [-0.2, -0.15) is 0 Å². The predicted molar refractivity (Wildman–Crippen MR) is 85.5 cm³/mol. The Kier molecular flexibility index (Phi) is 4.56. The number of carbonyl (C=O) groups is 1. The molecule has 1 heterocycles. The Hall–Kier alpha value is -1.96. The van der Waals surface area contributed by atoms with Crippen molar-refractivity contribution < 1.29 is 18.7 Å². The van der Waals surface area contributed by atoms with Gasteiger partial charge in [-0.15, -0.1) is 11.3 Å². The Morgan fingerprint density at radius 3 is 2.57 bits per heavy atom. The summed E-state index contributed by atoms with van der Waals surface area (Å²) in [6, 6.07) is 8.53. The summed E-state index contributed by atoms with van der Waals surface area (Å²) in [5.41, 5.74) is 1.43. The van der Waals surface area contributed by atoms with Crippen LogP contribution >= 0.6 is 11.3 Å². The number of aromatic carboxylic acids is 1. The molecule has 0 saturated carbocycles. The molecule has 1 unspecified atom stereocenters. The van der Waals surface area contributed by atoms with E-state index in [1.807, 2.05) is 0 Å². The number of rotatable bonds is 5. The maximum atomic E-state index is 11.7.